The van der Waals surface area contributed by atoms with Gasteiger partial charge in [0.2, 0.25) is 0 Å². The van der Waals surface area contributed by atoms with E-state index in [-0.39, 0.29) is 6.03 Å². The van der Waals surface area contributed by atoms with E-state index in [0.717, 1.165) is 43.8 Å². The van der Waals surface area contributed by atoms with Crippen LogP contribution < -0.4 is 5.32 Å². The molecule has 1 aliphatic heterocycles. The number of urea groups is 1. The number of ether oxygens (including phenoxy) is 1. The Kier molecular flexibility index (Phi) is 8.52. The van der Waals surface area contributed by atoms with Gasteiger partial charge in [-0.25, -0.2) is 9.78 Å². The van der Waals surface area contributed by atoms with Crippen LogP contribution in [0.15, 0.2) is 36.7 Å². The molecule has 10 heteroatoms. The molecule has 2 amide bonds. The molecule has 1 fully saturated rings. The Morgan fingerprint density at radius 1 is 1.22 bits per heavy atom. The molecule has 32 heavy (non-hydrogen) atoms. The molecule has 7 nitrogen and oxygen atoms in total. The minimum absolute atomic E-state index is 0.149. The molecule has 0 unspecified atom stereocenters. The summed E-state index contributed by atoms with van der Waals surface area (Å²) in [7, 11) is 0. The van der Waals surface area contributed by atoms with Crippen molar-refractivity contribution in [3.8, 4) is 0 Å². The lowest BCUT2D eigenvalue weighted by Crippen LogP contribution is -2.46. The first kappa shape index (κ1) is 24.1. The van der Waals surface area contributed by atoms with E-state index in [1.54, 1.807) is 17.3 Å². The molecular formula is C22H30F3N5O2. The molecule has 0 spiro atoms. The predicted molar refractivity (Wildman–Crippen MR) is 114 cm³/mol. The van der Waals surface area contributed by atoms with Crippen LogP contribution in [0.1, 0.15) is 30.3 Å². The van der Waals surface area contributed by atoms with Crippen LogP contribution in [0, 0.1) is 0 Å². The first-order valence-corrected chi connectivity index (χ1v) is 10.9. The normalized spacial score (nSPS) is 15.0. The van der Waals surface area contributed by atoms with Crippen molar-refractivity contribution >= 4 is 6.03 Å². The molecule has 1 aromatic carbocycles. The van der Waals surface area contributed by atoms with Gasteiger partial charge in [-0.3, -0.25) is 4.90 Å². The van der Waals surface area contributed by atoms with E-state index in [1.807, 2.05) is 11.5 Å². The number of alkyl halides is 3. The van der Waals surface area contributed by atoms with Crippen LogP contribution in [0.3, 0.4) is 0 Å². The summed E-state index contributed by atoms with van der Waals surface area (Å²) in [5.41, 5.74) is 0.0570. The first-order chi connectivity index (χ1) is 15.4. The number of nitrogens with zero attached hydrogens (tertiary/aromatic N) is 4. The molecule has 1 aromatic heterocycles. The second-order valence-electron chi connectivity index (χ2n) is 7.77. The van der Waals surface area contributed by atoms with E-state index < -0.39 is 11.7 Å². The fraction of sp³-hybridized carbons (Fsp3) is 0.545. The van der Waals surface area contributed by atoms with E-state index in [0.29, 0.717) is 45.2 Å². The lowest BCUT2D eigenvalue weighted by molar-refractivity contribution is -0.137. The molecule has 3 rings (SSSR count). The van der Waals surface area contributed by atoms with Crippen LogP contribution in [0.25, 0.3) is 0 Å². The average Bonchev–Trinajstić information content (AvgIpc) is 3.21. The third-order valence-corrected chi connectivity index (χ3v) is 5.37. The molecule has 1 N–H and O–H groups in total. The minimum atomic E-state index is -4.36. The van der Waals surface area contributed by atoms with Gasteiger partial charge in [0.25, 0.3) is 0 Å². The number of amides is 2. The third kappa shape index (κ3) is 6.96. The van der Waals surface area contributed by atoms with Crippen LogP contribution in [-0.2, 0) is 24.0 Å². The summed E-state index contributed by atoms with van der Waals surface area (Å²) in [6.07, 6.45) is -0.0995. The van der Waals surface area contributed by atoms with Crippen molar-refractivity contribution in [1.82, 2.24) is 24.7 Å². The number of carbonyl (C=O) groups is 1. The lowest BCUT2D eigenvalue weighted by Gasteiger charge is -2.30. The van der Waals surface area contributed by atoms with Gasteiger partial charge in [0.05, 0.1) is 25.3 Å². The van der Waals surface area contributed by atoms with Gasteiger partial charge < -0.3 is 19.5 Å². The third-order valence-electron chi connectivity index (χ3n) is 5.37. The average molecular weight is 454 g/mol. The van der Waals surface area contributed by atoms with Crippen LogP contribution in [0.2, 0.25) is 0 Å². The second kappa shape index (κ2) is 11.3. The van der Waals surface area contributed by atoms with E-state index in [9.17, 15) is 18.0 Å². The smallest absolute Gasteiger partial charge is 0.379 e. The molecule has 1 saturated heterocycles. The number of carbonyl (C=O) groups excluding carboxylic acids is 1. The topological polar surface area (TPSA) is 62.6 Å². The number of hydrogen-bond donors (Lipinski definition) is 1. The standard InChI is InChI=1S/C22H30F3N5O2/c1-2-7-27-21(31)30(11-10-28-12-14-32-15-13-28)17-20-26-8-9-29(20)16-18-3-5-19(6-4-18)22(23,24)25/h3-6,8-9H,2,7,10-17H2,1H3,(H,27,31). The monoisotopic (exact) mass is 453 g/mol. The van der Waals surface area contributed by atoms with Gasteiger partial charge in [-0.05, 0) is 24.1 Å². The quantitative estimate of drug-likeness (QED) is 0.634. The Labute approximate surface area is 186 Å². The van der Waals surface area contributed by atoms with Crippen LogP contribution in [0.4, 0.5) is 18.0 Å². The molecule has 0 atom stereocenters. The Balaban J connectivity index is 1.66. The first-order valence-electron chi connectivity index (χ1n) is 10.9. The Morgan fingerprint density at radius 2 is 1.94 bits per heavy atom. The van der Waals surface area contributed by atoms with Crippen LogP contribution in [-0.4, -0.2) is 71.3 Å². The van der Waals surface area contributed by atoms with Gasteiger partial charge in [-0.15, -0.1) is 0 Å². The highest BCUT2D eigenvalue weighted by Crippen LogP contribution is 2.29. The Morgan fingerprint density at radius 3 is 2.59 bits per heavy atom. The summed E-state index contributed by atoms with van der Waals surface area (Å²) < 4.78 is 45.7. The maximum absolute atomic E-state index is 12.8. The summed E-state index contributed by atoms with van der Waals surface area (Å²) in [4.78, 5) is 21.1. The van der Waals surface area contributed by atoms with Gasteiger partial charge in [0.15, 0.2) is 0 Å². The van der Waals surface area contributed by atoms with Gasteiger partial charge in [0, 0.05) is 51.7 Å². The van der Waals surface area contributed by atoms with E-state index in [4.69, 9.17) is 4.74 Å². The summed E-state index contributed by atoms with van der Waals surface area (Å²) in [5.74, 6) is 0.679. The van der Waals surface area contributed by atoms with Crippen LogP contribution >= 0.6 is 0 Å². The molecule has 1 aliphatic rings. The zero-order valence-electron chi connectivity index (χ0n) is 18.3. The second-order valence-corrected chi connectivity index (χ2v) is 7.77. The number of imidazole rings is 1. The Bertz CT molecular complexity index is 848. The zero-order valence-corrected chi connectivity index (χ0v) is 18.3. The number of nitrogens with one attached hydrogen (secondary N) is 1. The number of morpholine rings is 1. The minimum Gasteiger partial charge on any atom is -0.379 e. The highest BCUT2D eigenvalue weighted by molar-refractivity contribution is 5.74. The van der Waals surface area contributed by atoms with Crippen molar-refractivity contribution in [2.45, 2.75) is 32.6 Å². The summed E-state index contributed by atoms with van der Waals surface area (Å²) >= 11 is 0. The number of benzene rings is 1. The Hall–Kier alpha value is -2.59. The molecule has 0 bridgehead atoms. The molecule has 176 valence electrons. The van der Waals surface area contributed by atoms with E-state index in [1.165, 1.54) is 12.1 Å². The largest absolute Gasteiger partial charge is 0.416 e. The highest BCUT2D eigenvalue weighted by Gasteiger charge is 2.30. The van der Waals surface area contributed by atoms with Crippen molar-refractivity contribution in [2.75, 3.05) is 45.9 Å². The van der Waals surface area contributed by atoms with Crippen molar-refractivity contribution in [2.24, 2.45) is 0 Å². The van der Waals surface area contributed by atoms with Gasteiger partial charge in [-0.2, -0.15) is 13.2 Å². The SMILES string of the molecule is CCCNC(=O)N(CCN1CCOCC1)Cc1nccn1Cc1ccc(C(F)(F)F)cc1. The van der Waals surface area contributed by atoms with Crippen molar-refractivity contribution < 1.29 is 22.7 Å². The summed E-state index contributed by atoms with van der Waals surface area (Å²) in [6, 6.07) is 4.95. The predicted octanol–water partition coefficient (Wildman–Crippen LogP) is 3.20. The summed E-state index contributed by atoms with van der Waals surface area (Å²) in [6.45, 7) is 7.63. The van der Waals surface area contributed by atoms with Gasteiger partial charge >= 0.3 is 12.2 Å². The fourth-order valence-corrected chi connectivity index (χ4v) is 3.49. The number of halogens is 3. The molecule has 0 radical (unpaired) electrons. The maximum Gasteiger partial charge on any atom is 0.416 e. The highest BCUT2D eigenvalue weighted by atomic mass is 19.4. The van der Waals surface area contributed by atoms with E-state index in [2.05, 4.69) is 15.2 Å². The lowest BCUT2D eigenvalue weighted by atomic mass is 10.1. The number of hydrogen-bond acceptors (Lipinski definition) is 4. The fourth-order valence-electron chi connectivity index (χ4n) is 3.49. The van der Waals surface area contributed by atoms with Crippen LogP contribution in [0.5, 0.6) is 0 Å². The van der Waals surface area contributed by atoms with Crippen molar-refractivity contribution in [3.63, 3.8) is 0 Å². The maximum atomic E-state index is 12.8. The molecule has 2 aromatic rings. The molecular weight excluding hydrogens is 423 g/mol. The van der Waals surface area contributed by atoms with E-state index >= 15 is 0 Å². The number of aromatic nitrogens is 2. The van der Waals surface area contributed by atoms with Crippen molar-refractivity contribution in [1.29, 1.82) is 0 Å². The molecule has 0 aliphatic carbocycles. The molecule has 0 saturated carbocycles. The zero-order chi connectivity index (χ0) is 23.0. The van der Waals surface area contributed by atoms with Gasteiger partial charge in [-0.1, -0.05) is 19.1 Å². The number of rotatable bonds is 9. The van der Waals surface area contributed by atoms with Gasteiger partial charge in [0.1, 0.15) is 5.82 Å². The van der Waals surface area contributed by atoms with Crippen molar-refractivity contribution in [3.05, 3.63) is 53.6 Å². The summed E-state index contributed by atoms with van der Waals surface area (Å²) in [5, 5.41) is 2.92. The molecule has 2 heterocycles.